The van der Waals surface area contributed by atoms with Crippen LogP contribution in [0.4, 0.5) is 0 Å². The zero-order chi connectivity index (χ0) is 15.5. The minimum Gasteiger partial charge on any atom is -0.466 e. The Kier molecular flexibility index (Phi) is 8.82. The third-order valence-corrected chi connectivity index (χ3v) is 3.81. The zero-order valence-corrected chi connectivity index (χ0v) is 13.6. The Morgan fingerprint density at radius 2 is 2.14 bits per heavy atom. The number of carbonyl (C=O) groups is 1. The molecular weight excluding hydrogens is 288 g/mol. The van der Waals surface area contributed by atoms with Gasteiger partial charge in [-0.2, -0.15) is 0 Å². The lowest BCUT2D eigenvalue weighted by molar-refractivity contribution is -0.143. The molecule has 1 aromatic heterocycles. The standard InChI is InChI=1S/C15H24N2O3S/c1-3-8-12-11-13(18)17-15(16-12)21-10-7-5-6-9-14(19)20-4-2/h11H,3-10H2,1-2H3,(H,16,17,18). The summed E-state index contributed by atoms with van der Waals surface area (Å²) in [7, 11) is 0. The van der Waals surface area contributed by atoms with Gasteiger partial charge < -0.3 is 9.72 Å². The van der Waals surface area contributed by atoms with Gasteiger partial charge in [-0.3, -0.25) is 9.59 Å². The van der Waals surface area contributed by atoms with Crippen LogP contribution in [0.1, 0.15) is 51.6 Å². The van der Waals surface area contributed by atoms with Crippen LogP contribution in [-0.4, -0.2) is 28.3 Å². The fourth-order valence-corrected chi connectivity index (χ4v) is 2.78. The lowest BCUT2D eigenvalue weighted by atomic mass is 10.2. The fraction of sp³-hybridized carbons (Fsp3) is 0.667. The summed E-state index contributed by atoms with van der Waals surface area (Å²) in [6.07, 6.45) is 5.11. The maximum atomic E-state index is 11.5. The summed E-state index contributed by atoms with van der Waals surface area (Å²) < 4.78 is 4.87. The van der Waals surface area contributed by atoms with Crippen molar-refractivity contribution in [3.8, 4) is 0 Å². The van der Waals surface area contributed by atoms with Crippen molar-refractivity contribution in [2.24, 2.45) is 0 Å². The highest BCUT2D eigenvalue weighted by atomic mass is 32.2. The summed E-state index contributed by atoms with van der Waals surface area (Å²) in [5.74, 6) is 0.768. The van der Waals surface area contributed by atoms with E-state index in [4.69, 9.17) is 4.74 Å². The molecule has 0 aromatic carbocycles. The van der Waals surface area contributed by atoms with Gasteiger partial charge in [0.05, 0.1) is 6.61 Å². The Bertz CT molecular complexity index is 488. The maximum absolute atomic E-state index is 11.5. The first kappa shape index (κ1) is 17.8. The highest BCUT2D eigenvalue weighted by molar-refractivity contribution is 7.99. The molecule has 0 radical (unpaired) electrons. The van der Waals surface area contributed by atoms with E-state index < -0.39 is 0 Å². The number of hydrogen-bond donors (Lipinski definition) is 1. The Morgan fingerprint density at radius 3 is 2.86 bits per heavy atom. The Balaban J connectivity index is 2.23. The molecule has 0 fully saturated rings. The quantitative estimate of drug-likeness (QED) is 0.311. The number of hydrogen-bond acceptors (Lipinski definition) is 5. The predicted molar refractivity (Wildman–Crippen MR) is 84.7 cm³/mol. The molecular formula is C15H24N2O3S. The second-order valence-corrected chi connectivity index (χ2v) is 5.84. The zero-order valence-electron chi connectivity index (χ0n) is 12.8. The lowest BCUT2D eigenvalue weighted by Gasteiger charge is -2.04. The van der Waals surface area contributed by atoms with E-state index in [0.717, 1.165) is 43.6 Å². The molecule has 1 aromatic rings. The molecule has 0 aliphatic rings. The van der Waals surface area contributed by atoms with Crippen LogP contribution < -0.4 is 5.56 Å². The number of nitrogens with zero attached hydrogens (tertiary/aromatic N) is 1. The molecule has 0 bridgehead atoms. The van der Waals surface area contributed by atoms with Crippen molar-refractivity contribution < 1.29 is 9.53 Å². The summed E-state index contributed by atoms with van der Waals surface area (Å²) in [6, 6.07) is 1.56. The van der Waals surface area contributed by atoms with Gasteiger partial charge in [0.1, 0.15) is 0 Å². The summed E-state index contributed by atoms with van der Waals surface area (Å²) in [5.41, 5.74) is 0.768. The van der Waals surface area contributed by atoms with E-state index in [1.807, 2.05) is 6.92 Å². The van der Waals surface area contributed by atoms with Crippen molar-refractivity contribution in [1.82, 2.24) is 9.97 Å². The molecule has 0 amide bonds. The van der Waals surface area contributed by atoms with Gasteiger partial charge >= 0.3 is 5.97 Å². The fourth-order valence-electron chi connectivity index (χ4n) is 1.89. The van der Waals surface area contributed by atoms with Gasteiger partial charge in [-0.15, -0.1) is 0 Å². The number of thioether (sulfide) groups is 1. The molecule has 118 valence electrons. The smallest absolute Gasteiger partial charge is 0.305 e. The van der Waals surface area contributed by atoms with E-state index in [1.165, 1.54) is 0 Å². The molecule has 0 aliphatic carbocycles. The topological polar surface area (TPSA) is 72.0 Å². The maximum Gasteiger partial charge on any atom is 0.305 e. The van der Waals surface area contributed by atoms with E-state index in [1.54, 1.807) is 17.8 Å². The van der Waals surface area contributed by atoms with Crippen LogP contribution in [-0.2, 0) is 16.0 Å². The van der Waals surface area contributed by atoms with Gasteiger partial charge in [-0.05, 0) is 26.2 Å². The van der Waals surface area contributed by atoms with Crippen LogP contribution in [0.3, 0.4) is 0 Å². The second kappa shape index (κ2) is 10.4. The minimum absolute atomic E-state index is 0.0849. The van der Waals surface area contributed by atoms with Crippen LogP contribution in [0, 0.1) is 0 Å². The molecule has 0 atom stereocenters. The number of H-pyrrole nitrogens is 1. The Morgan fingerprint density at radius 1 is 1.33 bits per heavy atom. The molecule has 0 saturated heterocycles. The van der Waals surface area contributed by atoms with Crippen molar-refractivity contribution in [3.05, 3.63) is 22.1 Å². The van der Waals surface area contributed by atoms with E-state index >= 15 is 0 Å². The van der Waals surface area contributed by atoms with Crippen LogP contribution in [0.15, 0.2) is 16.0 Å². The number of carbonyl (C=O) groups excluding carboxylic acids is 1. The van der Waals surface area contributed by atoms with Crippen molar-refractivity contribution in [2.75, 3.05) is 12.4 Å². The monoisotopic (exact) mass is 312 g/mol. The number of aromatic nitrogens is 2. The van der Waals surface area contributed by atoms with Gasteiger partial charge in [-0.1, -0.05) is 31.5 Å². The largest absolute Gasteiger partial charge is 0.466 e. The number of rotatable bonds is 10. The van der Waals surface area contributed by atoms with Crippen molar-refractivity contribution in [1.29, 1.82) is 0 Å². The highest BCUT2D eigenvalue weighted by Crippen LogP contribution is 2.15. The van der Waals surface area contributed by atoms with Gasteiger partial charge in [-0.25, -0.2) is 4.98 Å². The second-order valence-electron chi connectivity index (χ2n) is 4.76. The van der Waals surface area contributed by atoms with E-state index in [0.29, 0.717) is 18.2 Å². The number of unbranched alkanes of at least 4 members (excludes halogenated alkanes) is 2. The van der Waals surface area contributed by atoms with Crippen molar-refractivity contribution in [2.45, 2.75) is 57.5 Å². The van der Waals surface area contributed by atoms with Gasteiger partial charge in [0.2, 0.25) is 0 Å². The number of ether oxygens (including phenoxy) is 1. The van der Waals surface area contributed by atoms with Crippen LogP contribution in [0.25, 0.3) is 0 Å². The van der Waals surface area contributed by atoms with Crippen LogP contribution >= 0.6 is 11.8 Å². The molecule has 21 heavy (non-hydrogen) atoms. The average molecular weight is 312 g/mol. The molecule has 0 spiro atoms. The first-order valence-corrected chi connectivity index (χ1v) is 8.53. The Hall–Kier alpha value is -1.30. The van der Waals surface area contributed by atoms with Crippen LogP contribution in [0.5, 0.6) is 0 Å². The van der Waals surface area contributed by atoms with Crippen molar-refractivity contribution >= 4 is 17.7 Å². The Labute approximate surface area is 129 Å². The summed E-state index contributed by atoms with van der Waals surface area (Å²) in [4.78, 5) is 29.8. The third-order valence-electron chi connectivity index (χ3n) is 2.85. The highest BCUT2D eigenvalue weighted by Gasteiger charge is 2.03. The number of aryl methyl sites for hydroxylation is 1. The molecule has 6 heteroatoms. The average Bonchev–Trinajstić information content (AvgIpc) is 2.43. The van der Waals surface area contributed by atoms with Gasteiger partial charge in [0.25, 0.3) is 5.56 Å². The number of nitrogens with one attached hydrogen (secondary N) is 1. The molecule has 0 saturated carbocycles. The third kappa shape index (κ3) is 7.90. The van der Waals surface area contributed by atoms with Crippen LogP contribution in [0.2, 0.25) is 0 Å². The van der Waals surface area contributed by atoms with Gasteiger partial charge in [0.15, 0.2) is 5.16 Å². The van der Waals surface area contributed by atoms with E-state index in [9.17, 15) is 9.59 Å². The summed E-state index contributed by atoms with van der Waals surface area (Å²) in [5, 5.41) is 0.691. The molecule has 1 N–H and O–H groups in total. The molecule has 0 aliphatic heterocycles. The molecule has 0 unspecified atom stereocenters. The SMILES string of the molecule is CCCc1cc(=O)[nH]c(SCCCCCC(=O)OCC)n1. The first-order chi connectivity index (χ1) is 10.2. The van der Waals surface area contributed by atoms with Crippen molar-refractivity contribution in [3.63, 3.8) is 0 Å². The van der Waals surface area contributed by atoms with E-state index in [2.05, 4.69) is 16.9 Å². The minimum atomic E-state index is -0.122. The molecule has 1 heterocycles. The lowest BCUT2D eigenvalue weighted by Crippen LogP contribution is -2.10. The number of aromatic amines is 1. The number of esters is 1. The summed E-state index contributed by atoms with van der Waals surface area (Å²) >= 11 is 1.56. The normalized spacial score (nSPS) is 10.6. The van der Waals surface area contributed by atoms with E-state index in [-0.39, 0.29) is 11.5 Å². The molecule has 5 nitrogen and oxygen atoms in total. The molecule has 1 rings (SSSR count). The predicted octanol–water partition coefficient (Wildman–Crippen LogP) is 2.94. The summed E-state index contributed by atoms with van der Waals surface area (Å²) in [6.45, 7) is 4.33. The van der Waals surface area contributed by atoms with Gasteiger partial charge in [0, 0.05) is 23.9 Å². The first-order valence-electron chi connectivity index (χ1n) is 7.54.